The molecule has 4 heteroatoms. The third kappa shape index (κ3) is 3.84. The molecule has 0 spiro atoms. The molecule has 0 radical (unpaired) electrons. The van der Waals surface area contributed by atoms with E-state index in [2.05, 4.69) is 5.09 Å². The molecular formula is C21H22NO2P. The summed E-state index contributed by atoms with van der Waals surface area (Å²) in [6.45, 7) is 2.03. The lowest BCUT2D eigenvalue weighted by Crippen LogP contribution is -2.29. The molecule has 0 fully saturated rings. The highest BCUT2D eigenvalue weighted by molar-refractivity contribution is 7.76. The fourth-order valence-corrected chi connectivity index (χ4v) is 5.29. The highest BCUT2D eigenvalue weighted by Gasteiger charge is 2.29. The minimum absolute atomic E-state index is 0.0721. The molecule has 0 bridgehead atoms. The minimum Gasteiger partial charge on any atom is -0.497 e. The monoisotopic (exact) mass is 351 g/mol. The highest BCUT2D eigenvalue weighted by Crippen LogP contribution is 2.41. The standard InChI is InChI=1S/C21H22NO2P/c1-17(18-13-15-19(24-2)16-14-18)22-25(23,20-9-5-3-6-10-20)21-11-7-4-8-12-21/h3-17H,1-2H3,(H,22,23)/t17-/m0/s1. The van der Waals surface area contributed by atoms with Crippen molar-refractivity contribution >= 4 is 17.9 Å². The molecule has 0 heterocycles. The van der Waals surface area contributed by atoms with Crippen LogP contribution in [0.2, 0.25) is 0 Å². The highest BCUT2D eigenvalue weighted by atomic mass is 31.2. The topological polar surface area (TPSA) is 38.3 Å². The summed E-state index contributed by atoms with van der Waals surface area (Å²) < 4.78 is 19.2. The van der Waals surface area contributed by atoms with Crippen LogP contribution in [-0.4, -0.2) is 7.11 Å². The van der Waals surface area contributed by atoms with Gasteiger partial charge in [-0.15, -0.1) is 0 Å². The lowest BCUT2D eigenvalue weighted by molar-refractivity contribution is 0.414. The molecule has 0 aliphatic carbocycles. The summed E-state index contributed by atoms with van der Waals surface area (Å²) in [5, 5.41) is 5.01. The summed E-state index contributed by atoms with van der Waals surface area (Å²) in [5.41, 5.74) is 1.06. The van der Waals surface area contributed by atoms with Gasteiger partial charge in [-0.3, -0.25) is 9.65 Å². The zero-order valence-electron chi connectivity index (χ0n) is 14.4. The maximum absolute atomic E-state index is 14.0. The van der Waals surface area contributed by atoms with E-state index in [9.17, 15) is 4.57 Å². The molecule has 3 rings (SSSR count). The Labute approximate surface area is 149 Å². The Hall–Kier alpha value is -2.35. The van der Waals surface area contributed by atoms with E-state index in [1.165, 1.54) is 0 Å². The summed E-state index contributed by atoms with van der Waals surface area (Å²) in [7, 11) is -1.30. The van der Waals surface area contributed by atoms with Crippen LogP contribution in [0.3, 0.4) is 0 Å². The van der Waals surface area contributed by atoms with Crippen LogP contribution in [0.5, 0.6) is 5.75 Å². The number of hydrogen-bond donors (Lipinski definition) is 1. The van der Waals surface area contributed by atoms with Crippen molar-refractivity contribution in [1.29, 1.82) is 0 Å². The summed E-state index contributed by atoms with van der Waals surface area (Å²) in [5.74, 6) is 0.810. The first kappa shape index (κ1) is 17.5. The fraction of sp³-hybridized carbons (Fsp3) is 0.143. The molecule has 0 aliphatic heterocycles. The maximum atomic E-state index is 14.0. The molecule has 0 saturated heterocycles. The number of methoxy groups -OCH3 is 1. The van der Waals surface area contributed by atoms with Gasteiger partial charge in [0.15, 0.2) is 0 Å². The second-order valence-electron chi connectivity index (χ2n) is 5.90. The van der Waals surface area contributed by atoms with E-state index in [0.717, 1.165) is 21.9 Å². The van der Waals surface area contributed by atoms with Crippen molar-refractivity contribution < 1.29 is 9.30 Å². The van der Waals surface area contributed by atoms with Gasteiger partial charge in [0.2, 0.25) is 7.29 Å². The van der Waals surface area contributed by atoms with E-state index in [0.29, 0.717) is 0 Å². The van der Waals surface area contributed by atoms with Gasteiger partial charge in [0, 0.05) is 16.7 Å². The summed E-state index contributed by atoms with van der Waals surface area (Å²) in [4.78, 5) is 0. The average Bonchev–Trinajstić information content (AvgIpc) is 2.69. The van der Waals surface area contributed by atoms with E-state index in [4.69, 9.17) is 4.74 Å². The van der Waals surface area contributed by atoms with E-state index < -0.39 is 7.29 Å². The van der Waals surface area contributed by atoms with Crippen LogP contribution in [-0.2, 0) is 4.57 Å². The molecule has 0 saturated carbocycles. The molecular weight excluding hydrogens is 329 g/mol. The van der Waals surface area contributed by atoms with Gasteiger partial charge in [-0.2, -0.15) is 0 Å². The first-order valence-electron chi connectivity index (χ1n) is 8.26. The molecule has 0 unspecified atom stereocenters. The van der Waals surface area contributed by atoms with Crippen LogP contribution >= 0.6 is 7.29 Å². The van der Waals surface area contributed by atoms with Crippen LogP contribution in [0.1, 0.15) is 18.5 Å². The molecule has 3 aromatic carbocycles. The molecule has 3 aromatic rings. The first-order chi connectivity index (χ1) is 12.1. The van der Waals surface area contributed by atoms with Gasteiger partial charge in [-0.25, -0.2) is 0 Å². The van der Waals surface area contributed by atoms with E-state index >= 15 is 0 Å². The number of rotatable bonds is 6. The molecule has 0 aliphatic rings. The van der Waals surface area contributed by atoms with Crippen LogP contribution in [0.15, 0.2) is 84.9 Å². The van der Waals surface area contributed by atoms with Crippen molar-refractivity contribution in [3.63, 3.8) is 0 Å². The molecule has 3 nitrogen and oxygen atoms in total. The van der Waals surface area contributed by atoms with Gasteiger partial charge in [0.1, 0.15) is 5.75 Å². The zero-order chi connectivity index (χ0) is 17.7. The largest absolute Gasteiger partial charge is 0.497 e. The van der Waals surface area contributed by atoms with Crippen LogP contribution in [0.25, 0.3) is 0 Å². The van der Waals surface area contributed by atoms with Gasteiger partial charge in [-0.1, -0.05) is 48.5 Å². The van der Waals surface area contributed by atoms with Crippen LogP contribution in [0, 0.1) is 0 Å². The van der Waals surface area contributed by atoms with Crippen LogP contribution < -0.4 is 20.4 Å². The molecule has 0 amide bonds. The lowest BCUT2D eigenvalue weighted by atomic mass is 10.1. The Morgan fingerprint density at radius 3 is 1.72 bits per heavy atom. The predicted molar refractivity (Wildman–Crippen MR) is 104 cm³/mol. The summed E-state index contributed by atoms with van der Waals surface area (Å²) in [6.07, 6.45) is 0. The van der Waals surface area contributed by atoms with Crippen molar-refractivity contribution in [3.05, 3.63) is 90.5 Å². The first-order valence-corrected chi connectivity index (χ1v) is 9.97. The van der Waals surface area contributed by atoms with E-state index in [1.54, 1.807) is 7.11 Å². The summed E-state index contributed by atoms with van der Waals surface area (Å²) in [6, 6.07) is 27.0. The quantitative estimate of drug-likeness (QED) is 0.674. The Bertz CT molecular complexity index is 805. The zero-order valence-corrected chi connectivity index (χ0v) is 15.3. The van der Waals surface area contributed by atoms with E-state index in [1.807, 2.05) is 91.9 Å². The maximum Gasteiger partial charge on any atom is 0.205 e. The lowest BCUT2D eigenvalue weighted by Gasteiger charge is -2.25. The van der Waals surface area contributed by atoms with Gasteiger partial charge >= 0.3 is 0 Å². The Kier molecular flexibility index (Phi) is 5.37. The van der Waals surface area contributed by atoms with Crippen molar-refractivity contribution in [1.82, 2.24) is 5.09 Å². The molecule has 1 N–H and O–H groups in total. The second-order valence-corrected chi connectivity index (χ2v) is 8.41. The third-order valence-electron chi connectivity index (χ3n) is 4.23. The number of ether oxygens (including phenoxy) is 1. The van der Waals surface area contributed by atoms with Crippen molar-refractivity contribution in [2.75, 3.05) is 7.11 Å². The fourth-order valence-electron chi connectivity index (χ4n) is 2.81. The Morgan fingerprint density at radius 1 is 0.800 bits per heavy atom. The smallest absolute Gasteiger partial charge is 0.205 e. The van der Waals surface area contributed by atoms with Gasteiger partial charge < -0.3 is 4.74 Å². The van der Waals surface area contributed by atoms with Crippen LogP contribution in [0.4, 0.5) is 0 Å². The summed E-state index contributed by atoms with van der Waals surface area (Å²) >= 11 is 0. The van der Waals surface area contributed by atoms with Crippen molar-refractivity contribution in [3.8, 4) is 5.75 Å². The Balaban J connectivity index is 1.96. The van der Waals surface area contributed by atoms with Crippen molar-refractivity contribution in [2.24, 2.45) is 0 Å². The SMILES string of the molecule is COc1ccc([C@H](C)NP(=O)(c2ccccc2)c2ccccc2)cc1. The average molecular weight is 351 g/mol. The predicted octanol–water partition coefficient (Wildman–Crippen LogP) is 4.27. The van der Waals surface area contributed by atoms with Gasteiger partial charge in [-0.05, 0) is 48.9 Å². The third-order valence-corrected chi connectivity index (χ3v) is 7.03. The Morgan fingerprint density at radius 2 is 1.28 bits per heavy atom. The minimum atomic E-state index is -2.95. The molecule has 128 valence electrons. The molecule has 25 heavy (non-hydrogen) atoms. The second kappa shape index (κ2) is 7.69. The number of hydrogen-bond acceptors (Lipinski definition) is 2. The molecule has 1 atom stereocenters. The number of benzene rings is 3. The molecule has 0 aromatic heterocycles. The van der Waals surface area contributed by atoms with Crippen molar-refractivity contribution in [2.45, 2.75) is 13.0 Å². The van der Waals surface area contributed by atoms with Gasteiger partial charge in [0.25, 0.3) is 0 Å². The number of nitrogens with one attached hydrogen (secondary N) is 1. The van der Waals surface area contributed by atoms with E-state index in [-0.39, 0.29) is 6.04 Å². The normalized spacial score (nSPS) is 12.6. The van der Waals surface area contributed by atoms with Gasteiger partial charge in [0.05, 0.1) is 7.11 Å².